The molecular weight excluding hydrogens is 242 g/mol. The van der Waals surface area contributed by atoms with Crippen molar-refractivity contribution in [2.45, 2.75) is 53.1 Å². The van der Waals surface area contributed by atoms with Crippen LogP contribution in [0, 0.1) is 11.3 Å². The van der Waals surface area contributed by atoms with Gasteiger partial charge in [-0.1, -0.05) is 20.8 Å². The summed E-state index contributed by atoms with van der Waals surface area (Å²) in [5, 5.41) is 9.13. The first-order valence-corrected chi connectivity index (χ1v) is 7.41. The summed E-state index contributed by atoms with van der Waals surface area (Å²) in [6.45, 7) is 11.7. The van der Waals surface area contributed by atoms with E-state index >= 15 is 0 Å². The Morgan fingerprint density at radius 2 is 2.05 bits per heavy atom. The van der Waals surface area contributed by atoms with Gasteiger partial charge in [0.2, 0.25) is 0 Å². The third-order valence-corrected chi connectivity index (χ3v) is 4.11. The number of likely N-dealkylation sites (tertiary alicyclic amines) is 1. The molecular formula is C15H29NO3. The lowest BCUT2D eigenvalue weighted by molar-refractivity contribution is -0.151. The van der Waals surface area contributed by atoms with Crippen LogP contribution in [0.5, 0.6) is 0 Å². The van der Waals surface area contributed by atoms with Gasteiger partial charge in [0, 0.05) is 13.2 Å². The molecule has 1 saturated heterocycles. The molecule has 0 amide bonds. The number of ether oxygens (including phenoxy) is 1. The van der Waals surface area contributed by atoms with Gasteiger partial charge in [-0.15, -0.1) is 0 Å². The van der Waals surface area contributed by atoms with Crippen molar-refractivity contribution in [2.75, 3.05) is 26.2 Å². The van der Waals surface area contributed by atoms with Crippen LogP contribution < -0.4 is 0 Å². The predicted octanol–water partition coefficient (Wildman–Crippen LogP) is 2.62. The molecule has 1 aliphatic rings. The van der Waals surface area contributed by atoms with E-state index in [1.807, 2.05) is 6.92 Å². The van der Waals surface area contributed by atoms with Crippen molar-refractivity contribution in [3.8, 4) is 0 Å². The van der Waals surface area contributed by atoms with Crippen LogP contribution in [-0.2, 0) is 9.53 Å². The van der Waals surface area contributed by atoms with Crippen molar-refractivity contribution < 1.29 is 14.6 Å². The highest BCUT2D eigenvalue weighted by Crippen LogP contribution is 2.34. The number of hydrogen-bond donors (Lipinski definition) is 1. The molecule has 0 saturated carbocycles. The minimum atomic E-state index is -0.849. The maximum absolute atomic E-state index is 11.1. The highest BCUT2D eigenvalue weighted by atomic mass is 16.5. The van der Waals surface area contributed by atoms with Gasteiger partial charge < -0.3 is 14.7 Å². The fourth-order valence-corrected chi connectivity index (χ4v) is 2.84. The molecule has 1 aliphatic heterocycles. The first-order chi connectivity index (χ1) is 8.84. The smallest absolute Gasteiger partial charge is 0.334 e. The number of aliphatic carboxylic acids is 1. The van der Waals surface area contributed by atoms with Gasteiger partial charge in [0.25, 0.3) is 0 Å². The van der Waals surface area contributed by atoms with Crippen LogP contribution in [0.2, 0.25) is 0 Å². The van der Waals surface area contributed by atoms with Crippen molar-refractivity contribution in [3.05, 3.63) is 0 Å². The van der Waals surface area contributed by atoms with Gasteiger partial charge in [-0.05, 0) is 50.6 Å². The average Bonchev–Trinajstić information content (AvgIpc) is 2.53. The first-order valence-electron chi connectivity index (χ1n) is 7.41. The third-order valence-electron chi connectivity index (χ3n) is 4.11. The lowest BCUT2D eigenvalue weighted by Crippen LogP contribution is -2.39. The Balaban J connectivity index is 2.50. The van der Waals surface area contributed by atoms with Gasteiger partial charge in [-0.3, -0.25) is 0 Å². The standard InChI is InChI=1S/C15H29NO3/c1-5-19-13(14(17)18)11-16-9-6-7-12(8-10-16)15(2,3)4/h12-13H,5-11H2,1-4H3,(H,17,18). The highest BCUT2D eigenvalue weighted by Gasteiger charge is 2.28. The Bertz CT molecular complexity index is 286. The van der Waals surface area contributed by atoms with Crippen molar-refractivity contribution in [1.29, 1.82) is 0 Å². The van der Waals surface area contributed by atoms with E-state index in [2.05, 4.69) is 25.7 Å². The van der Waals surface area contributed by atoms with Gasteiger partial charge in [-0.25, -0.2) is 4.79 Å². The lowest BCUT2D eigenvalue weighted by Gasteiger charge is -2.30. The van der Waals surface area contributed by atoms with Crippen LogP contribution in [0.15, 0.2) is 0 Å². The second-order valence-electron chi connectivity index (χ2n) is 6.58. The number of carboxylic acid groups (broad SMARTS) is 1. The van der Waals surface area contributed by atoms with E-state index < -0.39 is 12.1 Å². The van der Waals surface area contributed by atoms with E-state index in [1.54, 1.807) is 0 Å². The van der Waals surface area contributed by atoms with Crippen molar-refractivity contribution in [1.82, 2.24) is 4.90 Å². The van der Waals surface area contributed by atoms with Gasteiger partial charge >= 0.3 is 5.97 Å². The molecule has 4 nitrogen and oxygen atoms in total. The van der Waals surface area contributed by atoms with Crippen LogP contribution in [0.3, 0.4) is 0 Å². The van der Waals surface area contributed by atoms with E-state index in [0.29, 0.717) is 18.6 Å². The summed E-state index contributed by atoms with van der Waals surface area (Å²) < 4.78 is 5.30. The molecule has 1 N–H and O–H groups in total. The van der Waals surface area contributed by atoms with E-state index in [0.717, 1.165) is 31.8 Å². The highest BCUT2D eigenvalue weighted by molar-refractivity contribution is 5.72. The summed E-state index contributed by atoms with van der Waals surface area (Å²) in [5.41, 5.74) is 0.349. The zero-order valence-electron chi connectivity index (χ0n) is 12.8. The van der Waals surface area contributed by atoms with Gasteiger partial charge in [-0.2, -0.15) is 0 Å². The second kappa shape index (κ2) is 7.25. The number of carboxylic acids is 1. The number of rotatable bonds is 5. The summed E-state index contributed by atoms with van der Waals surface area (Å²) in [6, 6.07) is 0. The molecule has 0 radical (unpaired) electrons. The Morgan fingerprint density at radius 3 is 2.58 bits per heavy atom. The van der Waals surface area contributed by atoms with Crippen LogP contribution in [0.25, 0.3) is 0 Å². The molecule has 4 heteroatoms. The zero-order chi connectivity index (χ0) is 14.5. The summed E-state index contributed by atoms with van der Waals surface area (Å²) in [5.74, 6) is -0.119. The Kier molecular flexibility index (Phi) is 6.27. The molecule has 19 heavy (non-hydrogen) atoms. The predicted molar refractivity (Wildman–Crippen MR) is 76.3 cm³/mol. The fraction of sp³-hybridized carbons (Fsp3) is 0.933. The van der Waals surface area contributed by atoms with Crippen LogP contribution in [-0.4, -0.2) is 48.3 Å². The zero-order valence-corrected chi connectivity index (χ0v) is 12.8. The topological polar surface area (TPSA) is 49.8 Å². The lowest BCUT2D eigenvalue weighted by atomic mass is 9.77. The molecule has 112 valence electrons. The van der Waals surface area contributed by atoms with E-state index in [9.17, 15) is 4.79 Å². The summed E-state index contributed by atoms with van der Waals surface area (Å²) in [6.07, 6.45) is 2.87. The fourth-order valence-electron chi connectivity index (χ4n) is 2.84. The van der Waals surface area contributed by atoms with Crippen molar-refractivity contribution >= 4 is 5.97 Å². The first kappa shape index (κ1) is 16.4. The second-order valence-corrected chi connectivity index (χ2v) is 6.58. The van der Waals surface area contributed by atoms with Crippen LogP contribution >= 0.6 is 0 Å². The molecule has 2 atom stereocenters. The molecule has 0 aromatic rings. The molecule has 1 fully saturated rings. The van der Waals surface area contributed by atoms with Gasteiger partial charge in [0.05, 0.1) is 0 Å². The monoisotopic (exact) mass is 271 g/mol. The van der Waals surface area contributed by atoms with E-state index in [4.69, 9.17) is 9.84 Å². The summed E-state index contributed by atoms with van der Waals surface area (Å²) >= 11 is 0. The van der Waals surface area contributed by atoms with Crippen molar-refractivity contribution in [3.63, 3.8) is 0 Å². The SMILES string of the molecule is CCOC(CN1CCCC(C(C)(C)C)CC1)C(=O)O. The van der Waals surface area contributed by atoms with Crippen LogP contribution in [0.1, 0.15) is 47.0 Å². The quantitative estimate of drug-likeness (QED) is 0.835. The van der Waals surface area contributed by atoms with Gasteiger partial charge in [0.15, 0.2) is 6.10 Å². The minimum absolute atomic E-state index is 0.349. The van der Waals surface area contributed by atoms with Gasteiger partial charge in [0.1, 0.15) is 0 Å². The maximum atomic E-state index is 11.1. The largest absolute Gasteiger partial charge is 0.479 e. The number of carbonyl (C=O) groups is 1. The van der Waals surface area contributed by atoms with E-state index in [1.165, 1.54) is 6.42 Å². The molecule has 2 unspecified atom stereocenters. The Hall–Kier alpha value is -0.610. The van der Waals surface area contributed by atoms with Crippen molar-refractivity contribution in [2.24, 2.45) is 11.3 Å². The molecule has 0 aromatic heterocycles. The normalized spacial score (nSPS) is 23.9. The Labute approximate surface area is 117 Å². The van der Waals surface area contributed by atoms with Crippen LogP contribution in [0.4, 0.5) is 0 Å². The number of hydrogen-bond acceptors (Lipinski definition) is 3. The molecule has 0 aromatic carbocycles. The molecule has 0 aliphatic carbocycles. The maximum Gasteiger partial charge on any atom is 0.334 e. The molecule has 0 bridgehead atoms. The summed E-state index contributed by atoms with van der Waals surface area (Å²) in [4.78, 5) is 13.4. The third kappa shape index (κ3) is 5.49. The van der Waals surface area contributed by atoms with E-state index in [-0.39, 0.29) is 0 Å². The molecule has 1 heterocycles. The number of nitrogens with zero attached hydrogens (tertiary/aromatic N) is 1. The summed E-state index contributed by atoms with van der Waals surface area (Å²) in [7, 11) is 0. The molecule has 0 spiro atoms. The average molecular weight is 271 g/mol. The minimum Gasteiger partial charge on any atom is -0.479 e. The molecule has 1 rings (SSSR count). The Morgan fingerprint density at radius 1 is 1.37 bits per heavy atom.